The van der Waals surface area contributed by atoms with Gasteiger partial charge in [-0.25, -0.2) is 0 Å². The normalized spacial score (nSPS) is 10.2. The fourth-order valence-corrected chi connectivity index (χ4v) is 2.05. The lowest BCUT2D eigenvalue weighted by atomic mass is 10.2. The van der Waals surface area contributed by atoms with Gasteiger partial charge in [0, 0.05) is 10.7 Å². The molecule has 0 spiro atoms. The van der Waals surface area contributed by atoms with Crippen LogP contribution < -0.4 is 14.8 Å². The van der Waals surface area contributed by atoms with Gasteiger partial charge in [-0.1, -0.05) is 24.6 Å². The van der Waals surface area contributed by atoms with Crippen LogP contribution in [0.1, 0.15) is 18.9 Å². The number of carbonyl (C=O) groups excluding carboxylic acids is 1. The summed E-state index contributed by atoms with van der Waals surface area (Å²) in [5.41, 5.74) is 1.61. The molecule has 0 heterocycles. The molecule has 0 radical (unpaired) electrons. The lowest BCUT2D eigenvalue weighted by Gasteiger charge is -2.09. The molecular weight excluding hydrogens is 314 g/mol. The molecule has 2 aromatic carbocycles. The van der Waals surface area contributed by atoms with E-state index in [4.69, 9.17) is 21.1 Å². The van der Waals surface area contributed by atoms with Gasteiger partial charge in [0.1, 0.15) is 11.5 Å². The molecule has 1 amide bonds. The maximum absolute atomic E-state index is 11.9. The number of halogens is 1. The highest BCUT2D eigenvalue weighted by Crippen LogP contribution is 2.20. The van der Waals surface area contributed by atoms with E-state index >= 15 is 0 Å². The Labute approximate surface area is 141 Å². The number of aryl methyl sites for hydroxylation is 1. The smallest absolute Gasteiger partial charge is 0.262 e. The molecule has 122 valence electrons. The van der Waals surface area contributed by atoms with E-state index in [2.05, 4.69) is 12.2 Å². The molecule has 0 unspecified atom stereocenters. The summed E-state index contributed by atoms with van der Waals surface area (Å²) < 4.78 is 10.9. The second-order valence-corrected chi connectivity index (χ2v) is 5.53. The van der Waals surface area contributed by atoms with Crippen molar-refractivity contribution in [3.05, 3.63) is 53.1 Å². The zero-order valence-electron chi connectivity index (χ0n) is 13.3. The van der Waals surface area contributed by atoms with Gasteiger partial charge >= 0.3 is 0 Å². The van der Waals surface area contributed by atoms with Crippen molar-refractivity contribution < 1.29 is 14.3 Å². The molecule has 0 saturated heterocycles. The second kappa shape index (κ2) is 8.44. The van der Waals surface area contributed by atoms with Crippen LogP contribution in [0.5, 0.6) is 11.5 Å². The topological polar surface area (TPSA) is 47.6 Å². The van der Waals surface area contributed by atoms with Gasteiger partial charge in [0.15, 0.2) is 6.61 Å². The van der Waals surface area contributed by atoms with Crippen molar-refractivity contribution in [2.75, 3.05) is 18.5 Å². The monoisotopic (exact) mass is 333 g/mol. The van der Waals surface area contributed by atoms with E-state index in [-0.39, 0.29) is 12.5 Å². The third kappa shape index (κ3) is 5.49. The summed E-state index contributed by atoms with van der Waals surface area (Å²) in [4.78, 5) is 11.9. The van der Waals surface area contributed by atoms with E-state index in [9.17, 15) is 4.79 Å². The summed E-state index contributed by atoms with van der Waals surface area (Å²) >= 11 is 6.03. The van der Waals surface area contributed by atoms with E-state index in [0.717, 1.165) is 17.7 Å². The highest BCUT2D eigenvalue weighted by Gasteiger charge is 2.05. The summed E-state index contributed by atoms with van der Waals surface area (Å²) in [5.74, 6) is 1.17. The van der Waals surface area contributed by atoms with E-state index < -0.39 is 0 Å². The maximum Gasteiger partial charge on any atom is 0.262 e. The average Bonchev–Trinajstić information content (AvgIpc) is 2.55. The van der Waals surface area contributed by atoms with Crippen LogP contribution in [0.25, 0.3) is 0 Å². The molecule has 0 aliphatic rings. The van der Waals surface area contributed by atoms with E-state index in [0.29, 0.717) is 23.1 Å². The predicted molar refractivity (Wildman–Crippen MR) is 92.5 cm³/mol. The van der Waals surface area contributed by atoms with Crippen molar-refractivity contribution in [2.24, 2.45) is 0 Å². The molecule has 0 atom stereocenters. The summed E-state index contributed by atoms with van der Waals surface area (Å²) in [6, 6.07) is 12.6. The lowest BCUT2D eigenvalue weighted by Crippen LogP contribution is -2.20. The van der Waals surface area contributed by atoms with Crippen molar-refractivity contribution in [3.63, 3.8) is 0 Å². The molecule has 1 N–H and O–H groups in total. The third-order valence-corrected chi connectivity index (χ3v) is 3.53. The van der Waals surface area contributed by atoms with Crippen LogP contribution in [0.4, 0.5) is 5.69 Å². The highest BCUT2D eigenvalue weighted by atomic mass is 35.5. The Bertz CT molecular complexity index is 656. The van der Waals surface area contributed by atoms with Gasteiger partial charge in [0.2, 0.25) is 0 Å². The Kier molecular flexibility index (Phi) is 6.29. The first-order valence-electron chi connectivity index (χ1n) is 7.50. The molecule has 0 aliphatic heterocycles. The number of anilines is 1. The first-order chi connectivity index (χ1) is 11.1. The molecule has 0 aromatic heterocycles. The van der Waals surface area contributed by atoms with E-state index in [1.54, 1.807) is 24.3 Å². The second-order valence-electron chi connectivity index (χ2n) is 5.12. The van der Waals surface area contributed by atoms with Crippen LogP contribution in [-0.4, -0.2) is 19.1 Å². The van der Waals surface area contributed by atoms with Crippen LogP contribution in [-0.2, 0) is 4.79 Å². The number of benzene rings is 2. The fraction of sp³-hybridized carbons (Fsp3) is 0.278. The molecular formula is C18H20ClNO3. The van der Waals surface area contributed by atoms with Crippen LogP contribution >= 0.6 is 11.6 Å². The highest BCUT2D eigenvalue weighted by molar-refractivity contribution is 6.31. The molecule has 0 bridgehead atoms. The third-order valence-electron chi connectivity index (χ3n) is 3.12. The first-order valence-corrected chi connectivity index (χ1v) is 7.88. The zero-order valence-corrected chi connectivity index (χ0v) is 14.0. The fourth-order valence-electron chi connectivity index (χ4n) is 1.87. The summed E-state index contributed by atoms with van der Waals surface area (Å²) in [6.45, 7) is 4.57. The SMILES string of the molecule is CCCOc1ccc(OCC(=O)Nc2ccc(C)c(Cl)c2)cc1. The first kappa shape index (κ1) is 17.2. The minimum absolute atomic E-state index is 0.0688. The largest absolute Gasteiger partial charge is 0.494 e. The number of amides is 1. The van der Waals surface area contributed by atoms with Gasteiger partial charge in [-0.2, -0.15) is 0 Å². The Balaban J connectivity index is 1.82. The molecule has 2 rings (SSSR count). The molecule has 5 heteroatoms. The molecule has 23 heavy (non-hydrogen) atoms. The Morgan fingerprint density at radius 1 is 1.09 bits per heavy atom. The predicted octanol–water partition coefficient (Wildman–Crippen LogP) is 4.45. The summed E-state index contributed by atoms with van der Waals surface area (Å²) in [7, 11) is 0. The minimum atomic E-state index is -0.240. The Hall–Kier alpha value is -2.20. The van der Waals surface area contributed by atoms with Crippen molar-refractivity contribution in [1.82, 2.24) is 0 Å². The average molecular weight is 334 g/mol. The molecule has 0 saturated carbocycles. The Morgan fingerprint density at radius 2 is 1.74 bits per heavy atom. The van der Waals surface area contributed by atoms with Gasteiger partial charge in [0.05, 0.1) is 6.61 Å². The molecule has 0 fully saturated rings. The van der Waals surface area contributed by atoms with Crippen LogP contribution in [0.2, 0.25) is 5.02 Å². The van der Waals surface area contributed by atoms with Gasteiger partial charge in [-0.05, 0) is 55.3 Å². The number of ether oxygens (including phenoxy) is 2. The quantitative estimate of drug-likeness (QED) is 0.814. The number of carbonyl (C=O) groups is 1. The number of nitrogens with one attached hydrogen (secondary N) is 1. The molecule has 4 nitrogen and oxygen atoms in total. The molecule has 2 aromatic rings. The Morgan fingerprint density at radius 3 is 2.35 bits per heavy atom. The van der Waals surface area contributed by atoms with E-state index in [1.165, 1.54) is 0 Å². The van der Waals surface area contributed by atoms with Crippen molar-refractivity contribution in [3.8, 4) is 11.5 Å². The number of hydrogen-bond acceptors (Lipinski definition) is 3. The van der Waals surface area contributed by atoms with Crippen molar-refractivity contribution >= 4 is 23.2 Å². The van der Waals surface area contributed by atoms with Crippen molar-refractivity contribution in [2.45, 2.75) is 20.3 Å². The maximum atomic E-state index is 11.9. The number of hydrogen-bond donors (Lipinski definition) is 1. The van der Waals surface area contributed by atoms with Crippen LogP contribution in [0, 0.1) is 6.92 Å². The van der Waals surface area contributed by atoms with Crippen molar-refractivity contribution in [1.29, 1.82) is 0 Å². The number of rotatable bonds is 7. The van der Waals surface area contributed by atoms with E-state index in [1.807, 2.05) is 25.1 Å². The van der Waals surface area contributed by atoms with Crippen LogP contribution in [0.3, 0.4) is 0 Å². The van der Waals surface area contributed by atoms with Gasteiger partial charge in [-0.3, -0.25) is 4.79 Å². The van der Waals surface area contributed by atoms with Gasteiger partial charge in [0.25, 0.3) is 5.91 Å². The zero-order chi connectivity index (χ0) is 16.7. The van der Waals surface area contributed by atoms with Gasteiger partial charge in [-0.15, -0.1) is 0 Å². The lowest BCUT2D eigenvalue weighted by molar-refractivity contribution is -0.118. The van der Waals surface area contributed by atoms with Crippen LogP contribution in [0.15, 0.2) is 42.5 Å². The molecule has 0 aliphatic carbocycles. The minimum Gasteiger partial charge on any atom is -0.494 e. The summed E-state index contributed by atoms with van der Waals surface area (Å²) in [6.07, 6.45) is 0.960. The standard InChI is InChI=1S/C18H20ClNO3/c1-3-10-22-15-6-8-16(9-7-15)23-12-18(21)20-14-5-4-13(2)17(19)11-14/h4-9,11H,3,10,12H2,1-2H3,(H,20,21). The van der Waals surface area contributed by atoms with Gasteiger partial charge < -0.3 is 14.8 Å². The summed E-state index contributed by atoms with van der Waals surface area (Å²) in [5, 5.41) is 3.36.